The summed E-state index contributed by atoms with van der Waals surface area (Å²) in [6.07, 6.45) is 2.36. The number of anilines is 1. The lowest BCUT2D eigenvalue weighted by atomic mass is 9.85. The maximum Gasteiger partial charge on any atom is 0.336 e. The van der Waals surface area contributed by atoms with Crippen molar-refractivity contribution in [3.05, 3.63) is 101 Å². The molecule has 3 aromatic carbocycles. The SMILES string of the molecule is COc1ccc2c(c1)C(=CC(=O)c1cccc(NC(=O)c3ccccc3C(=O)O)c1)NC(C)(C)C2. The standard InChI is InChI=1S/C28H26N2O5/c1-28(2)16-18-11-12-20(35-3)14-23(18)24(30-28)15-25(31)17-7-6-8-19(13-17)29-26(32)21-9-4-5-10-22(21)27(33)34/h4-15,30H,16H2,1-3H3,(H,29,32)(H,33,34). The second kappa shape index (κ2) is 9.46. The number of carboxylic acid groups (broad SMARTS) is 1. The van der Waals surface area contributed by atoms with E-state index in [0.717, 1.165) is 17.5 Å². The van der Waals surface area contributed by atoms with Crippen molar-refractivity contribution in [3.63, 3.8) is 0 Å². The molecular formula is C28H26N2O5. The Labute approximate surface area is 203 Å². The van der Waals surface area contributed by atoms with E-state index >= 15 is 0 Å². The molecule has 4 rings (SSSR count). The Kier molecular flexibility index (Phi) is 6.42. The highest BCUT2D eigenvalue weighted by Crippen LogP contribution is 2.32. The maximum absolute atomic E-state index is 13.2. The van der Waals surface area contributed by atoms with Crippen molar-refractivity contribution >= 4 is 29.0 Å². The van der Waals surface area contributed by atoms with E-state index in [9.17, 15) is 19.5 Å². The van der Waals surface area contributed by atoms with Crippen LogP contribution in [0.4, 0.5) is 5.69 Å². The average Bonchev–Trinajstić information content (AvgIpc) is 2.83. The minimum absolute atomic E-state index is 0.0399. The first-order chi connectivity index (χ1) is 16.7. The first-order valence-corrected chi connectivity index (χ1v) is 11.1. The Bertz CT molecular complexity index is 1360. The van der Waals surface area contributed by atoms with Gasteiger partial charge in [0.25, 0.3) is 5.91 Å². The maximum atomic E-state index is 13.2. The van der Waals surface area contributed by atoms with Gasteiger partial charge in [0.2, 0.25) is 0 Å². The molecule has 0 aliphatic carbocycles. The Morgan fingerprint density at radius 1 is 1.00 bits per heavy atom. The van der Waals surface area contributed by atoms with Gasteiger partial charge in [-0.3, -0.25) is 9.59 Å². The van der Waals surface area contributed by atoms with Gasteiger partial charge in [0.1, 0.15) is 5.75 Å². The molecule has 0 atom stereocenters. The van der Waals surface area contributed by atoms with Crippen LogP contribution in [-0.4, -0.2) is 35.4 Å². The molecule has 0 radical (unpaired) electrons. The molecule has 1 amide bonds. The van der Waals surface area contributed by atoms with Crippen LogP contribution >= 0.6 is 0 Å². The lowest BCUT2D eigenvalue weighted by molar-refractivity contribution is 0.0692. The van der Waals surface area contributed by atoms with Gasteiger partial charge in [-0.25, -0.2) is 4.79 Å². The number of nitrogens with one attached hydrogen (secondary N) is 2. The summed E-state index contributed by atoms with van der Waals surface area (Å²) >= 11 is 0. The van der Waals surface area contributed by atoms with E-state index in [1.807, 2.05) is 18.2 Å². The molecule has 0 unspecified atom stereocenters. The highest BCUT2D eigenvalue weighted by molar-refractivity contribution is 6.12. The molecule has 1 aliphatic rings. The van der Waals surface area contributed by atoms with E-state index in [0.29, 0.717) is 22.7 Å². The number of carboxylic acids is 1. The highest BCUT2D eigenvalue weighted by Gasteiger charge is 2.28. The summed E-state index contributed by atoms with van der Waals surface area (Å²) in [5.74, 6) is -1.29. The Hall–Kier alpha value is -4.39. The van der Waals surface area contributed by atoms with Crippen LogP contribution in [0.25, 0.3) is 5.70 Å². The van der Waals surface area contributed by atoms with Crippen molar-refractivity contribution in [2.24, 2.45) is 0 Å². The zero-order valence-electron chi connectivity index (χ0n) is 19.7. The minimum Gasteiger partial charge on any atom is -0.497 e. The molecule has 7 nitrogen and oxygen atoms in total. The zero-order chi connectivity index (χ0) is 25.2. The van der Waals surface area contributed by atoms with E-state index in [2.05, 4.69) is 24.5 Å². The number of allylic oxidation sites excluding steroid dienone is 1. The number of amides is 1. The number of methoxy groups -OCH3 is 1. The van der Waals surface area contributed by atoms with Crippen LogP contribution in [0.5, 0.6) is 5.75 Å². The summed E-state index contributed by atoms with van der Waals surface area (Å²) in [6.45, 7) is 4.15. The first-order valence-electron chi connectivity index (χ1n) is 11.1. The van der Waals surface area contributed by atoms with Crippen molar-refractivity contribution in [2.75, 3.05) is 12.4 Å². The zero-order valence-corrected chi connectivity index (χ0v) is 19.7. The molecule has 178 valence electrons. The van der Waals surface area contributed by atoms with Crippen molar-refractivity contribution in [2.45, 2.75) is 25.8 Å². The summed E-state index contributed by atoms with van der Waals surface area (Å²) in [5, 5.41) is 15.5. The highest BCUT2D eigenvalue weighted by atomic mass is 16.5. The summed E-state index contributed by atoms with van der Waals surface area (Å²) in [5.41, 5.74) is 3.21. The minimum atomic E-state index is -1.19. The van der Waals surface area contributed by atoms with Crippen LogP contribution in [0.3, 0.4) is 0 Å². The normalized spacial score (nSPS) is 15.0. The van der Waals surface area contributed by atoms with Gasteiger partial charge in [0.15, 0.2) is 5.78 Å². The fourth-order valence-electron chi connectivity index (χ4n) is 4.18. The number of carbonyl (C=O) groups excluding carboxylic acids is 2. The molecule has 0 spiro atoms. The summed E-state index contributed by atoms with van der Waals surface area (Å²) in [6, 6.07) is 18.4. The molecule has 1 heterocycles. The Morgan fingerprint density at radius 3 is 2.46 bits per heavy atom. The second-order valence-electron chi connectivity index (χ2n) is 9.02. The van der Waals surface area contributed by atoms with Gasteiger partial charge in [-0.05, 0) is 62.2 Å². The van der Waals surface area contributed by atoms with E-state index < -0.39 is 11.9 Å². The molecule has 0 saturated heterocycles. The number of rotatable bonds is 6. The summed E-state index contributed by atoms with van der Waals surface area (Å²) in [7, 11) is 1.60. The van der Waals surface area contributed by atoms with Gasteiger partial charge in [-0.2, -0.15) is 0 Å². The first kappa shape index (κ1) is 23.8. The van der Waals surface area contributed by atoms with Crippen molar-refractivity contribution in [3.8, 4) is 5.75 Å². The summed E-state index contributed by atoms with van der Waals surface area (Å²) < 4.78 is 5.37. The van der Waals surface area contributed by atoms with E-state index in [1.165, 1.54) is 12.1 Å². The fraction of sp³-hybridized carbons (Fsp3) is 0.179. The molecule has 35 heavy (non-hydrogen) atoms. The number of ether oxygens (including phenoxy) is 1. The van der Waals surface area contributed by atoms with Crippen LogP contribution < -0.4 is 15.4 Å². The van der Waals surface area contributed by atoms with Gasteiger partial charge in [-0.15, -0.1) is 0 Å². The smallest absolute Gasteiger partial charge is 0.336 e. The van der Waals surface area contributed by atoms with Crippen LogP contribution in [0, 0.1) is 0 Å². The number of ketones is 1. The number of fused-ring (bicyclic) bond motifs is 1. The largest absolute Gasteiger partial charge is 0.497 e. The second-order valence-corrected chi connectivity index (χ2v) is 9.02. The predicted molar refractivity (Wildman–Crippen MR) is 134 cm³/mol. The van der Waals surface area contributed by atoms with Gasteiger partial charge in [0.05, 0.1) is 18.2 Å². The topological polar surface area (TPSA) is 105 Å². The molecule has 3 aromatic rings. The third-order valence-corrected chi connectivity index (χ3v) is 5.80. The number of hydrogen-bond donors (Lipinski definition) is 3. The van der Waals surface area contributed by atoms with E-state index in [1.54, 1.807) is 49.6 Å². The molecule has 0 saturated carbocycles. The molecule has 0 fully saturated rings. The van der Waals surface area contributed by atoms with Crippen molar-refractivity contribution in [1.29, 1.82) is 0 Å². The lowest BCUT2D eigenvalue weighted by Gasteiger charge is -2.35. The molecule has 7 heteroatoms. The molecule has 0 aromatic heterocycles. The van der Waals surface area contributed by atoms with Crippen LogP contribution in [-0.2, 0) is 6.42 Å². The summed E-state index contributed by atoms with van der Waals surface area (Å²) in [4.78, 5) is 37.4. The molecule has 0 bridgehead atoms. The van der Waals surface area contributed by atoms with Crippen molar-refractivity contribution < 1.29 is 24.2 Å². The van der Waals surface area contributed by atoms with Crippen molar-refractivity contribution in [1.82, 2.24) is 5.32 Å². The lowest BCUT2D eigenvalue weighted by Crippen LogP contribution is -2.43. The Balaban J connectivity index is 1.62. The predicted octanol–water partition coefficient (Wildman–Crippen LogP) is 4.79. The number of aromatic carboxylic acids is 1. The quantitative estimate of drug-likeness (QED) is 0.353. The third kappa shape index (κ3) is 5.24. The van der Waals surface area contributed by atoms with Gasteiger partial charge in [-0.1, -0.05) is 30.3 Å². The number of benzene rings is 3. The van der Waals surface area contributed by atoms with Crippen LogP contribution in [0.15, 0.2) is 72.8 Å². The monoisotopic (exact) mass is 470 g/mol. The fourth-order valence-corrected chi connectivity index (χ4v) is 4.18. The third-order valence-electron chi connectivity index (χ3n) is 5.80. The Morgan fingerprint density at radius 2 is 1.74 bits per heavy atom. The average molecular weight is 471 g/mol. The van der Waals surface area contributed by atoms with Crippen LogP contribution in [0.2, 0.25) is 0 Å². The van der Waals surface area contributed by atoms with Gasteiger partial charge >= 0.3 is 5.97 Å². The molecular weight excluding hydrogens is 444 g/mol. The van der Waals surface area contributed by atoms with Crippen LogP contribution in [0.1, 0.15) is 56.0 Å². The van der Waals surface area contributed by atoms with Gasteiger partial charge < -0.3 is 20.5 Å². The van der Waals surface area contributed by atoms with Gasteiger partial charge in [0, 0.05) is 34.1 Å². The van der Waals surface area contributed by atoms with E-state index in [4.69, 9.17) is 4.74 Å². The molecule has 3 N–H and O–H groups in total. The van der Waals surface area contributed by atoms with E-state index in [-0.39, 0.29) is 22.4 Å². The number of carbonyl (C=O) groups is 3. The number of hydrogen-bond acceptors (Lipinski definition) is 5. The molecule has 1 aliphatic heterocycles.